The van der Waals surface area contributed by atoms with Crippen LogP contribution in [0.2, 0.25) is 5.02 Å². The van der Waals surface area contributed by atoms with Gasteiger partial charge >= 0.3 is 0 Å². The van der Waals surface area contributed by atoms with E-state index in [1.807, 2.05) is 63.2 Å². The molecule has 3 rings (SSSR count). The zero-order chi connectivity index (χ0) is 21.7. The maximum absolute atomic E-state index is 13.7. The zero-order valence-electron chi connectivity index (χ0n) is 17.3. The lowest BCUT2D eigenvalue weighted by atomic mass is 10.1. The van der Waals surface area contributed by atoms with Crippen molar-refractivity contribution < 1.29 is 8.42 Å². The van der Waals surface area contributed by atoms with Gasteiger partial charge in [0.2, 0.25) is 0 Å². The van der Waals surface area contributed by atoms with Crippen LogP contribution in [0.1, 0.15) is 30.5 Å². The van der Waals surface area contributed by atoms with Crippen LogP contribution in [0.5, 0.6) is 0 Å². The molecule has 0 N–H and O–H groups in total. The Bertz CT molecular complexity index is 1170. The largest absolute Gasteiger partial charge is 0.265 e. The second-order valence-electron chi connectivity index (χ2n) is 7.29. The van der Waals surface area contributed by atoms with Gasteiger partial charge in [0.05, 0.1) is 11.4 Å². The molecule has 3 aromatic carbocycles. The van der Waals surface area contributed by atoms with Crippen molar-refractivity contribution in [3.05, 3.63) is 112 Å². The Labute approximate surface area is 184 Å². The molecule has 154 valence electrons. The molecular formula is C25H24ClNO2S. The summed E-state index contributed by atoms with van der Waals surface area (Å²) in [7, 11) is -3.83. The molecule has 0 amide bonds. The van der Waals surface area contributed by atoms with Crippen LogP contribution in [0.3, 0.4) is 0 Å². The van der Waals surface area contributed by atoms with Crippen LogP contribution in [0.25, 0.3) is 5.70 Å². The van der Waals surface area contributed by atoms with Crippen molar-refractivity contribution in [1.29, 1.82) is 0 Å². The van der Waals surface area contributed by atoms with Crippen molar-refractivity contribution in [2.75, 3.05) is 0 Å². The number of sulfonamides is 1. The Kier molecular flexibility index (Phi) is 6.84. The number of allylic oxidation sites excluding steroid dienone is 1. The first kappa shape index (κ1) is 21.9. The molecule has 0 saturated heterocycles. The first-order valence-corrected chi connectivity index (χ1v) is 11.4. The molecule has 0 aromatic heterocycles. The van der Waals surface area contributed by atoms with Gasteiger partial charge < -0.3 is 0 Å². The third-order valence-corrected chi connectivity index (χ3v) is 6.53. The SMILES string of the molecule is CC(C)=C=C(c1ccc(Cl)cc1)N(Cc1ccccc1)S(=O)(=O)c1ccc(C)cc1. The van der Waals surface area contributed by atoms with Gasteiger partial charge in [0.25, 0.3) is 10.0 Å². The van der Waals surface area contributed by atoms with E-state index in [0.717, 1.165) is 22.3 Å². The van der Waals surface area contributed by atoms with E-state index in [9.17, 15) is 8.42 Å². The molecule has 0 atom stereocenters. The first-order valence-electron chi connectivity index (χ1n) is 9.61. The van der Waals surface area contributed by atoms with Gasteiger partial charge in [-0.3, -0.25) is 4.31 Å². The molecule has 30 heavy (non-hydrogen) atoms. The van der Waals surface area contributed by atoms with Crippen molar-refractivity contribution in [3.8, 4) is 0 Å². The summed E-state index contributed by atoms with van der Waals surface area (Å²) in [6, 6.07) is 23.6. The molecule has 0 aliphatic rings. The number of rotatable bonds is 6. The lowest BCUT2D eigenvalue weighted by Crippen LogP contribution is -2.29. The molecule has 3 aromatic rings. The zero-order valence-corrected chi connectivity index (χ0v) is 18.8. The normalized spacial score (nSPS) is 10.9. The van der Waals surface area contributed by atoms with Crippen molar-refractivity contribution in [2.24, 2.45) is 0 Å². The lowest BCUT2D eigenvalue weighted by molar-refractivity contribution is 0.507. The average molecular weight is 438 g/mol. The maximum atomic E-state index is 13.7. The fourth-order valence-electron chi connectivity index (χ4n) is 2.99. The molecule has 0 aliphatic heterocycles. The minimum Gasteiger partial charge on any atom is -0.254 e. The third-order valence-electron chi connectivity index (χ3n) is 4.51. The number of hydrogen-bond acceptors (Lipinski definition) is 2. The summed E-state index contributed by atoms with van der Waals surface area (Å²) in [5, 5.41) is 0.589. The van der Waals surface area contributed by atoms with Gasteiger partial charge in [-0.2, -0.15) is 0 Å². The van der Waals surface area contributed by atoms with Gasteiger partial charge in [0.15, 0.2) is 0 Å². The van der Waals surface area contributed by atoms with Crippen LogP contribution in [-0.4, -0.2) is 12.7 Å². The van der Waals surface area contributed by atoms with Gasteiger partial charge in [0, 0.05) is 10.6 Å². The van der Waals surface area contributed by atoms with E-state index in [-0.39, 0.29) is 11.4 Å². The van der Waals surface area contributed by atoms with Crippen LogP contribution in [-0.2, 0) is 16.6 Å². The predicted molar refractivity (Wildman–Crippen MR) is 124 cm³/mol. The molecule has 0 bridgehead atoms. The Hall–Kier alpha value is -2.78. The summed E-state index contributed by atoms with van der Waals surface area (Å²) in [4.78, 5) is 0.242. The van der Waals surface area contributed by atoms with Crippen molar-refractivity contribution >= 4 is 27.3 Å². The number of aryl methyl sites for hydroxylation is 1. The van der Waals surface area contributed by atoms with E-state index in [1.165, 1.54) is 4.31 Å². The highest BCUT2D eigenvalue weighted by Crippen LogP contribution is 2.30. The summed E-state index contributed by atoms with van der Waals surface area (Å²) in [6.45, 7) is 5.92. The Morgan fingerprint density at radius 2 is 1.50 bits per heavy atom. The molecule has 0 fully saturated rings. The number of nitrogens with zero attached hydrogens (tertiary/aromatic N) is 1. The Morgan fingerprint density at radius 1 is 0.900 bits per heavy atom. The topological polar surface area (TPSA) is 37.4 Å². The minimum absolute atomic E-state index is 0.190. The molecule has 3 nitrogen and oxygen atoms in total. The van der Waals surface area contributed by atoms with E-state index < -0.39 is 10.0 Å². The molecule has 0 radical (unpaired) electrons. The second-order valence-corrected chi connectivity index (χ2v) is 9.59. The number of hydrogen-bond donors (Lipinski definition) is 0. The van der Waals surface area contributed by atoms with Crippen molar-refractivity contribution in [3.63, 3.8) is 0 Å². The van der Waals surface area contributed by atoms with Crippen LogP contribution in [0.4, 0.5) is 0 Å². The average Bonchev–Trinajstić information content (AvgIpc) is 2.72. The molecule has 0 spiro atoms. The van der Waals surface area contributed by atoms with E-state index >= 15 is 0 Å². The summed E-state index contributed by atoms with van der Waals surface area (Å²) in [5.74, 6) is 0. The highest BCUT2D eigenvalue weighted by Gasteiger charge is 2.28. The summed E-state index contributed by atoms with van der Waals surface area (Å²) in [6.07, 6.45) is 0. The first-order chi connectivity index (χ1) is 14.3. The van der Waals surface area contributed by atoms with E-state index in [1.54, 1.807) is 36.4 Å². The summed E-state index contributed by atoms with van der Waals surface area (Å²) < 4.78 is 28.9. The fraction of sp³-hybridized carbons (Fsp3) is 0.160. The molecule has 0 saturated carbocycles. The Balaban J connectivity index is 2.22. The smallest absolute Gasteiger partial charge is 0.254 e. The second kappa shape index (κ2) is 9.36. The quantitative estimate of drug-likeness (QED) is 0.416. The van der Waals surface area contributed by atoms with Gasteiger partial charge in [-0.05, 0) is 56.2 Å². The highest BCUT2D eigenvalue weighted by atomic mass is 35.5. The van der Waals surface area contributed by atoms with Gasteiger partial charge in [-0.15, -0.1) is 0 Å². The predicted octanol–water partition coefficient (Wildman–Crippen LogP) is 6.45. The Morgan fingerprint density at radius 3 is 2.07 bits per heavy atom. The van der Waals surface area contributed by atoms with Crippen LogP contribution < -0.4 is 0 Å². The van der Waals surface area contributed by atoms with E-state index in [2.05, 4.69) is 5.73 Å². The fourth-order valence-corrected chi connectivity index (χ4v) is 4.56. The molecule has 5 heteroatoms. The van der Waals surface area contributed by atoms with Crippen molar-refractivity contribution in [2.45, 2.75) is 32.2 Å². The third kappa shape index (κ3) is 5.22. The van der Waals surface area contributed by atoms with Crippen LogP contribution in [0.15, 0.2) is 95.1 Å². The van der Waals surface area contributed by atoms with Crippen LogP contribution >= 0.6 is 11.6 Å². The van der Waals surface area contributed by atoms with Gasteiger partial charge in [-0.25, -0.2) is 8.42 Å². The van der Waals surface area contributed by atoms with Crippen LogP contribution in [0, 0.1) is 6.92 Å². The molecule has 0 heterocycles. The lowest BCUT2D eigenvalue weighted by Gasteiger charge is -2.26. The molecule has 0 aliphatic carbocycles. The summed E-state index contributed by atoms with van der Waals surface area (Å²) >= 11 is 6.07. The summed E-state index contributed by atoms with van der Waals surface area (Å²) in [5.41, 5.74) is 7.23. The monoisotopic (exact) mass is 437 g/mol. The minimum atomic E-state index is -3.83. The maximum Gasteiger partial charge on any atom is 0.265 e. The van der Waals surface area contributed by atoms with E-state index in [4.69, 9.17) is 11.6 Å². The number of benzene rings is 3. The van der Waals surface area contributed by atoms with Gasteiger partial charge in [-0.1, -0.05) is 77.5 Å². The highest BCUT2D eigenvalue weighted by molar-refractivity contribution is 7.89. The van der Waals surface area contributed by atoms with Crippen molar-refractivity contribution in [1.82, 2.24) is 4.31 Å². The number of halogens is 1. The van der Waals surface area contributed by atoms with Gasteiger partial charge in [0.1, 0.15) is 5.70 Å². The molecular weight excluding hydrogens is 414 g/mol. The standard InChI is InChI=1S/C25H24ClNO2S/c1-19(2)17-25(22-11-13-23(26)14-12-22)27(18-21-7-5-4-6-8-21)30(28,29)24-15-9-20(3)10-16-24/h4-16H,18H2,1-3H3. The molecule has 0 unspecified atom stereocenters. The van der Waals surface area contributed by atoms with E-state index in [0.29, 0.717) is 10.7 Å².